The number of alkyl carbamates (subject to hydrolysis) is 1. The van der Waals surface area contributed by atoms with E-state index in [1.165, 1.54) is 25.7 Å². The Morgan fingerprint density at radius 2 is 1.90 bits per heavy atom. The Labute approximate surface area is 130 Å². The minimum atomic E-state index is -0.432. The third kappa shape index (κ3) is 9.72. The van der Waals surface area contributed by atoms with Gasteiger partial charge in [0.25, 0.3) is 0 Å². The van der Waals surface area contributed by atoms with Crippen LogP contribution >= 0.6 is 0 Å². The van der Waals surface area contributed by atoms with E-state index in [2.05, 4.69) is 24.5 Å². The molecule has 0 spiro atoms. The van der Waals surface area contributed by atoms with Crippen molar-refractivity contribution in [1.29, 1.82) is 0 Å². The standard InChI is InChI=1S/C17H34N2O2/c1-13(2)15(11-18-10-6-7-14-8-9-14)12-19-16(20)21-17(3,4)5/h13-15,18H,6-12H2,1-5H3,(H,19,20). The summed E-state index contributed by atoms with van der Waals surface area (Å²) < 4.78 is 5.27. The maximum atomic E-state index is 11.7. The first-order valence-corrected chi connectivity index (χ1v) is 8.45. The Morgan fingerprint density at radius 1 is 1.24 bits per heavy atom. The van der Waals surface area contributed by atoms with Gasteiger partial charge in [0.1, 0.15) is 5.60 Å². The van der Waals surface area contributed by atoms with E-state index in [0.29, 0.717) is 18.4 Å². The number of ether oxygens (including phenoxy) is 1. The van der Waals surface area contributed by atoms with E-state index < -0.39 is 5.60 Å². The van der Waals surface area contributed by atoms with Crippen LogP contribution < -0.4 is 10.6 Å². The first-order chi connectivity index (χ1) is 9.78. The van der Waals surface area contributed by atoms with Crippen molar-refractivity contribution in [2.75, 3.05) is 19.6 Å². The van der Waals surface area contributed by atoms with Gasteiger partial charge in [-0.15, -0.1) is 0 Å². The maximum Gasteiger partial charge on any atom is 0.407 e. The van der Waals surface area contributed by atoms with Crippen LogP contribution in [0.25, 0.3) is 0 Å². The predicted molar refractivity (Wildman–Crippen MR) is 87.4 cm³/mol. The minimum Gasteiger partial charge on any atom is -0.444 e. The quantitative estimate of drug-likeness (QED) is 0.640. The molecule has 1 amide bonds. The molecule has 0 radical (unpaired) electrons. The monoisotopic (exact) mass is 298 g/mol. The number of amides is 1. The van der Waals surface area contributed by atoms with Gasteiger partial charge in [0.05, 0.1) is 0 Å². The maximum absolute atomic E-state index is 11.7. The average molecular weight is 298 g/mol. The molecule has 1 atom stereocenters. The molecule has 1 fully saturated rings. The summed E-state index contributed by atoms with van der Waals surface area (Å²) in [6, 6.07) is 0. The highest BCUT2D eigenvalue weighted by Gasteiger charge is 2.21. The largest absolute Gasteiger partial charge is 0.444 e. The number of nitrogens with one attached hydrogen (secondary N) is 2. The number of carbonyl (C=O) groups excluding carboxylic acids is 1. The molecule has 0 bridgehead atoms. The summed E-state index contributed by atoms with van der Waals surface area (Å²) in [7, 11) is 0. The fourth-order valence-electron chi connectivity index (χ4n) is 2.28. The van der Waals surface area contributed by atoms with Crippen LogP contribution in [-0.2, 0) is 4.74 Å². The summed E-state index contributed by atoms with van der Waals surface area (Å²) in [6.45, 7) is 12.8. The molecule has 1 aliphatic carbocycles. The van der Waals surface area contributed by atoms with Crippen molar-refractivity contribution in [1.82, 2.24) is 10.6 Å². The molecule has 2 N–H and O–H groups in total. The average Bonchev–Trinajstić information content (AvgIpc) is 3.13. The molecule has 4 nitrogen and oxygen atoms in total. The SMILES string of the molecule is CC(C)C(CNCCCC1CC1)CNC(=O)OC(C)(C)C. The molecule has 0 aromatic carbocycles. The molecule has 0 heterocycles. The summed E-state index contributed by atoms with van der Waals surface area (Å²) in [4.78, 5) is 11.7. The number of rotatable bonds is 9. The third-order valence-electron chi connectivity index (χ3n) is 3.92. The van der Waals surface area contributed by atoms with Crippen LogP contribution in [0.1, 0.15) is 60.3 Å². The van der Waals surface area contributed by atoms with E-state index >= 15 is 0 Å². The van der Waals surface area contributed by atoms with Crippen LogP contribution in [0.5, 0.6) is 0 Å². The van der Waals surface area contributed by atoms with Gasteiger partial charge in [-0.05, 0) is 64.5 Å². The van der Waals surface area contributed by atoms with Gasteiger partial charge < -0.3 is 15.4 Å². The first kappa shape index (κ1) is 18.3. The minimum absolute atomic E-state index is 0.318. The van der Waals surface area contributed by atoms with Crippen molar-refractivity contribution in [2.24, 2.45) is 17.8 Å². The molecule has 0 aromatic rings. The van der Waals surface area contributed by atoms with E-state index in [4.69, 9.17) is 4.74 Å². The molecule has 1 unspecified atom stereocenters. The van der Waals surface area contributed by atoms with Crippen molar-refractivity contribution < 1.29 is 9.53 Å². The second-order valence-corrected chi connectivity index (χ2v) is 7.68. The Hall–Kier alpha value is -0.770. The number of hydrogen-bond donors (Lipinski definition) is 2. The van der Waals surface area contributed by atoms with Crippen molar-refractivity contribution in [3.05, 3.63) is 0 Å². The second kappa shape index (κ2) is 8.62. The lowest BCUT2D eigenvalue weighted by Gasteiger charge is -2.24. The molecule has 4 heteroatoms. The highest BCUT2D eigenvalue weighted by Crippen LogP contribution is 2.33. The molecule has 21 heavy (non-hydrogen) atoms. The van der Waals surface area contributed by atoms with Crippen LogP contribution in [0, 0.1) is 17.8 Å². The zero-order chi connectivity index (χ0) is 15.9. The molecule has 124 valence electrons. The molecule has 0 saturated heterocycles. The summed E-state index contributed by atoms with van der Waals surface area (Å²) >= 11 is 0. The van der Waals surface area contributed by atoms with Gasteiger partial charge in [-0.2, -0.15) is 0 Å². The van der Waals surface area contributed by atoms with Crippen LogP contribution in [0.2, 0.25) is 0 Å². The molecule has 1 aliphatic rings. The van der Waals surface area contributed by atoms with E-state index in [1.54, 1.807) is 0 Å². The fourth-order valence-corrected chi connectivity index (χ4v) is 2.28. The van der Waals surface area contributed by atoms with Crippen LogP contribution in [-0.4, -0.2) is 31.3 Å². The van der Waals surface area contributed by atoms with Gasteiger partial charge in [-0.1, -0.05) is 26.7 Å². The Bertz CT molecular complexity index is 306. The summed E-state index contributed by atoms with van der Waals surface area (Å²) in [5.74, 6) is 2.00. The van der Waals surface area contributed by atoms with Crippen molar-refractivity contribution in [3.8, 4) is 0 Å². The lowest BCUT2D eigenvalue weighted by molar-refractivity contribution is 0.0515. The first-order valence-electron chi connectivity index (χ1n) is 8.45. The van der Waals surface area contributed by atoms with Gasteiger partial charge in [0.15, 0.2) is 0 Å². The molecule has 0 aliphatic heterocycles. The van der Waals surface area contributed by atoms with Gasteiger partial charge >= 0.3 is 6.09 Å². The predicted octanol–water partition coefficient (Wildman–Crippen LogP) is 3.56. The van der Waals surface area contributed by atoms with Crippen molar-refractivity contribution in [3.63, 3.8) is 0 Å². The lowest BCUT2D eigenvalue weighted by Crippen LogP contribution is -2.39. The normalized spacial score (nSPS) is 16.9. The topological polar surface area (TPSA) is 50.4 Å². The van der Waals surface area contributed by atoms with Gasteiger partial charge in [-0.25, -0.2) is 4.79 Å². The highest BCUT2D eigenvalue weighted by atomic mass is 16.6. The third-order valence-corrected chi connectivity index (χ3v) is 3.92. The lowest BCUT2D eigenvalue weighted by atomic mass is 9.95. The van der Waals surface area contributed by atoms with Gasteiger partial charge in [-0.3, -0.25) is 0 Å². The van der Waals surface area contributed by atoms with Crippen LogP contribution in [0.15, 0.2) is 0 Å². The van der Waals surface area contributed by atoms with Crippen molar-refractivity contribution >= 4 is 6.09 Å². The van der Waals surface area contributed by atoms with Gasteiger partial charge in [0, 0.05) is 6.54 Å². The summed E-state index contributed by atoms with van der Waals surface area (Å²) in [5, 5.41) is 6.42. The Morgan fingerprint density at radius 3 is 2.43 bits per heavy atom. The zero-order valence-electron chi connectivity index (χ0n) is 14.5. The smallest absolute Gasteiger partial charge is 0.407 e. The fraction of sp³-hybridized carbons (Fsp3) is 0.941. The van der Waals surface area contributed by atoms with Crippen molar-refractivity contribution in [2.45, 2.75) is 65.9 Å². The van der Waals surface area contributed by atoms with Gasteiger partial charge in [0.2, 0.25) is 0 Å². The zero-order valence-corrected chi connectivity index (χ0v) is 14.5. The summed E-state index contributed by atoms with van der Waals surface area (Å²) in [6.07, 6.45) is 5.20. The molecular formula is C17H34N2O2. The highest BCUT2D eigenvalue weighted by molar-refractivity contribution is 5.67. The van der Waals surface area contributed by atoms with E-state index in [9.17, 15) is 4.79 Å². The van der Waals surface area contributed by atoms with Crippen LogP contribution in [0.4, 0.5) is 4.79 Å². The summed E-state index contributed by atoms with van der Waals surface area (Å²) in [5.41, 5.74) is -0.432. The van der Waals surface area contributed by atoms with E-state index in [-0.39, 0.29) is 6.09 Å². The Balaban J connectivity index is 2.14. The van der Waals surface area contributed by atoms with E-state index in [0.717, 1.165) is 19.0 Å². The molecule has 1 saturated carbocycles. The Kier molecular flexibility index (Phi) is 7.50. The second-order valence-electron chi connectivity index (χ2n) is 7.68. The number of hydrogen-bond acceptors (Lipinski definition) is 3. The molecular weight excluding hydrogens is 264 g/mol. The molecule has 0 aromatic heterocycles. The van der Waals surface area contributed by atoms with Crippen LogP contribution in [0.3, 0.4) is 0 Å². The molecule has 1 rings (SSSR count). The number of carbonyl (C=O) groups is 1. The van der Waals surface area contributed by atoms with E-state index in [1.807, 2.05) is 20.8 Å².